The Morgan fingerprint density at radius 3 is 2.91 bits per heavy atom. The molecule has 2 aliphatic rings. The molecule has 1 aromatic carbocycles. The van der Waals surface area contributed by atoms with Gasteiger partial charge in [-0.25, -0.2) is 0 Å². The van der Waals surface area contributed by atoms with E-state index in [1.807, 2.05) is 18.2 Å². The van der Waals surface area contributed by atoms with E-state index in [2.05, 4.69) is 11.4 Å². The van der Waals surface area contributed by atoms with Crippen molar-refractivity contribution >= 4 is 17.2 Å². The highest BCUT2D eigenvalue weighted by Crippen LogP contribution is 2.32. The zero-order chi connectivity index (χ0) is 14.9. The van der Waals surface area contributed by atoms with Crippen LogP contribution in [0.4, 0.5) is 0 Å². The molecule has 4 nitrogen and oxygen atoms in total. The molecule has 4 rings (SSSR count). The second kappa shape index (κ2) is 5.65. The van der Waals surface area contributed by atoms with E-state index in [1.54, 1.807) is 11.3 Å². The number of fused-ring (bicyclic) bond motifs is 2. The van der Waals surface area contributed by atoms with Gasteiger partial charge in [0.2, 0.25) is 6.79 Å². The van der Waals surface area contributed by atoms with Crippen LogP contribution in [0.2, 0.25) is 0 Å². The van der Waals surface area contributed by atoms with Gasteiger partial charge >= 0.3 is 0 Å². The van der Waals surface area contributed by atoms with Crippen LogP contribution in [0.3, 0.4) is 0 Å². The van der Waals surface area contributed by atoms with E-state index in [0.717, 1.165) is 34.8 Å². The fourth-order valence-electron chi connectivity index (χ4n) is 2.92. The summed E-state index contributed by atoms with van der Waals surface area (Å²) in [5.41, 5.74) is 2.38. The zero-order valence-electron chi connectivity index (χ0n) is 12.2. The molecule has 2 heterocycles. The number of ether oxygens (including phenoxy) is 2. The first-order chi connectivity index (χ1) is 10.8. The number of rotatable bonds is 3. The van der Waals surface area contributed by atoms with Gasteiger partial charge < -0.3 is 14.8 Å². The van der Waals surface area contributed by atoms with Gasteiger partial charge in [-0.15, -0.1) is 11.3 Å². The Hall–Kier alpha value is -2.01. The third kappa shape index (κ3) is 2.57. The van der Waals surface area contributed by atoms with Gasteiger partial charge in [-0.2, -0.15) is 0 Å². The normalized spacial score (nSPS) is 15.5. The fourth-order valence-corrected chi connectivity index (χ4v) is 4.09. The molecule has 0 bridgehead atoms. The van der Waals surface area contributed by atoms with Gasteiger partial charge in [0.25, 0.3) is 5.91 Å². The molecule has 0 fully saturated rings. The van der Waals surface area contributed by atoms with Crippen LogP contribution < -0.4 is 14.8 Å². The largest absolute Gasteiger partial charge is 0.454 e. The average molecular weight is 315 g/mol. The summed E-state index contributed by atoms with van der Waals surface area (Å²) >= 11 is 1.64. The van der Waals surface area contributed by atoms with Crippen LogP contribution in [0.25, 0.3) is 0 Å². The second-order valence-corrected chi connectivity index (χ2v) is 6.77. The summed E-state index contributed by atoms with van der Waals surface area (Å²) in [6.07, 6.45) is 4.71. The molecule has 0 saturated carbocycles. The Balaban J connectivity index is 1.43. The van der Waals surface area contributed by atoms with Crippen molar-refractivity contribution in [3.63, 3.8) is 0 Å². The molecule has 0 unspecified atom stereocenters. The van der Waals surface area contributed by atoms with Crippen LogP contribution in [-0.2, 0) is 19.4 Å². The van der Waals surface area contributed by atoms with Crippen LogP contribution in [0.15, 0.2) is 24.3 Å². The van der Waals surface area contributed by atoms with Crippen molar-refractivity contribution in [2.45, 2.75) is 32.2 Å². The molecule has 5 heteroatoms. The number of aryl methyl sites for hydroxylation is 2. The molecule has 1 amide bonds. The highest BCUT2D eigenvalue weighted by Gasteiger charge is 2.17. The zero-order valence-corrected chi connectivity index (χ0v) is 13.0. The topological polar surface area (TPSA) is 47.6 Å². The summed E-state index contributed by atoms with van der Waals surface area (Å²) in [5.74, 6) is 1.52. The van der Waals surface area contributed by atoms with Crippen molar-refractivity contribution in [2.75, 3.05) is 6.79 Å². The highest BCUT2D eigenvalue weighted by atomic mass is 32.1. The SMILES string of the molecule is O=C(NCc1ccc2c(c1)OCO2)c1cc2c(s1)CCCC2. The molecule has 1 aliphatic carbocycles. The molecule has 0 saturated heterocycles. The summed E-state index contributed by atoms with van der Waals surface area (Å²) < 4.78 is 10.6. The van der Waals surface area contributed by atoms with Gasteiger partial charge in [-0.1, -0.05) is 6.07 Å². The van der Waals surface area contributed by atoms with E-state index in [1.165, 1.54) is 23.3 Å². The van der Waals surface area contributed by atoms with Crippen LogP contribution in [0.5, 0.6) is 11.5 Å². The number of nitrogens with one attached hydrogen (secondary N) is 1. The van der Waals surface area contributed by atoms with E-state index in [0.29, 0.717) is 6.54 Å². The number of hydrogen-bond acceptors (Lipinski definition) is 4. The van der Waals surface area contributed by atoms with Gasteiger partial charge in [0.05, 0.1) is 4.88 Å². The van der Waals surface area contributed by atoms with Crippen molar-refractivity contribution in [1.29, 1.82) is 0 Å². The van der Waals surface area contributed by atoms with Gasteiger partial charge in [0.15, 0.2) is 11.5 Å². The molecule has 0 atom stereocenters. The van der Waals surface area contributed by atoms with Crippen molar-refractivity contribution in [1.82, 2.24) is 5.32 Å². The third-order valence-electron chi connectivity index (χ3n) is 4.11. The fraction of sp³-hybridized carbons (Fsp3) is 0.353. The Morgan fingerprint density at radius 2 is 2.00 bits per heavy atom. The molecule has 0 spiro atoms. The Morgan fingerprint density at radius 1 is 1.14 bits per heavy atom. The number of hydrogen-bond donors (Lipinski definition) is 1. The lowest BCUT2D eigenvalue weighted by Crippen LogP contribution is -2.21. The predicted octanol–water partition coefficient (Wildman–Crippen LogP) is 3.29. The van der Waals surface area contributed by atoms with E-state index in [9.17, 15) is 4.79 Å². The first-order valence-electron chi connectivity index (χ1n) is 7.58. The van der Waals surface area contributed by atoms with Crippen molar-refractivity contribution in [3.8, 4) is 11.5 Å². The predicted molar refractivity (Wildman–Crippen MR) is 84.7 cm³/mol. The number of carbonyl (C=O) groups is 1. The monoisotopic (exact) mass is 315 g/mol. The van der Waals surface area contributed by atoms with Gasteiger partial charge in [-0.3, -0.25) is 4.79 Å². The smallest absolute Gasteiger partial charge is 0.261 e. The molecule has 114 valence electrons. The van der Waals surface area contributed by atoms with Crippen LogP contribution in [-0.4, -0.2) is 12.7 Å². The Kier molecular flexibility index (Phi) is 3.50. The third-order valence-corrected chi connectivity index (χ3v) is 5.35. The molecule has 22 heavy (non-hydrogen) atoms. The van der Waals surface area contributed by atoms with Crippen molar-refractivity contribution in [3.05, 3.63) is 45.1 Å². The van der Waals surface area contributed by atoms with Crippen LogP contribution >= 0.6 is 11.3 Å². The second-order valence-electron chi connectivity index (χ2n) is 5.64. The lowest BCUT2D eigenvalue weighted by Gasteiger charge is -2.08. The summed E-state index contributed by atoms with van der Waals surface area (Å²) in [5, 5.41) is 2.99. The standard InChI is InChI=1S/C17H17NO3S/c19-17(16-8-12-3-1-2-4-15(12)22-16)18-9-11-5-6-13-14(7-11)21-10-20-13/h5-8H,1-4,9-10H2,(H,18,19). The minimum Gasteiger partial charge on any atom is -0.454 e. The summed E-state index contributed by atoms with van der Waals surface area (Å²) in [4.78, 5) is 14.5. The molecular weight excluding hydrogens is 298 g/mol. The minimum absolute atomic E-state index is 0.0112. The molecule has 2 aromatic rings. The maximum atomic E-state index is 12.3. The Labute approximate surface area is 133 Å². The first kappa shape index (κ1) is 13.6. The van der Waals surface area contributed by atoms with Gasteiger partial charge in [0.1, 0.15) is 0 Å². The van der Waals surface area contributed by atoms with Crippen molar-refractivity contribution in [2.24, 2.45) is 0 Å². The Bertz CT molecular complexity index is 699. The summed E-state index contributed by atoms with van der Waals surface area (Å²) in [6.45, 7) is 0.768. The minimum atomic E-state index is 0.0112. The summed E-state index contributed by atoms with van der Waals surface area (Å²) in [7, 11) is 0. The molecule has 1 N–H and O–H groups in total. The van der Waals surface area contributed by atoms with Crippen LogP contribution in [0, 0.1) is 0 Å². The molecule has 0 radical (unpaired) electrons. The number of amides is 1. The lowest BCUT2D eigenvalue weighted by molar-refractivity contribution is 0.0955. The van der Waals surface area contributed by atoms with E-state index in [-0.39, 0.29) is 12.7 Å². The first-order valence-corrected chi connectivity index (χ1v) is 8.39. The highest BCUT2D eigenvalue weighted by molar-refractivity contribution is 7.14. The number of carbonyl (C=O) groups excluding carboxylic acids is 1. The summed E-state index contributed by atoms with van der Waals surface area (Å²) in [6, 6.07) is 7.82. The maximum absolute atomic E-state index is 12.3. The van der Waals surface area contributed by atoms with E-state index in [4.69, 9.17) is 9.47 Å². The van der Waals surface area contributed by atoms with E-state index < -0.39 is 0 Å². The molecular formula is C17H17NO3S. The maximum Gasteiger partial charge on any atom is 0.261 e. The van der Waals surface area contributed by atoms with Gasteiger partial charge in [0, 0.05) is 11.4 Å². The average Bonchev–Trinajstić information content (AvgIpc) is 3.18. The molecule has 1 aliphatic heterocycles. The number of thiophene rings is 1. The van der Waals surface area contributed by atoms with Crippen molar-refractivity contribution < 1.29 is 14.3 Å². The van der Waals surface area contributed by atoms with Crippen LogP contribution in [0.1, 0.15) is 38.5 Å². The van der Waals surface area contributed by atoms with E-state index >= 15 is 0 Å². The lowest BCUT2D eigenvalue weighted by atomic mass is 9.99. The quantitative estimate of drug-likeness (QED) is 0.945. The van der Waals surface area contributed by atoms with Gasteiger partial charge in [-0.05, 0) is 55.0 Å². The molecule has 1 aromatic heterocycles. The number of benzene rings is 1.